The number of hydrogen-bond acceptors (Lipinski definition) is 3. The maximum absolute atomic E-state index is 11.0. The number of carbonyl (C=O) groups is 1. The average molecular weight is 191 g/mol. The smallest absolute Gasteiger partial charge is 0.354 e. The molecule has 2 rings (SSSR count). The third-order valence-electron chi connectivity index (χ3n) is 2.28. The molecule has 2 aromatic heterocycles. The molecular formula is C9H9N3O2. The van der Waals surface area contributed by atoms with Gasteiger partial charge in [0.1, 0.15) is 6.33 Å². The number of aromatic nitrogens is 3. The molecule has 2 aromatic rings. The molecular weight excluding hydrogens is 182 g/mol. The van der Waals surface area contributed by atoms with E-state index in [1.807, 2.05) is 13.0 Å². The summed E-state index contributed by atoms with van der Waals surface area (Å²) in [4.78, 5) is 14.9. The van der Waals surface area contributed by atoms with Gasteiger partial charge in [-0.25, -0.2) is 14.3 Å². The highest BCUT2D eigenvalue weighted by molar-refractivity contribution is 5.88. The first-order valence-corrected chi connectivity index (χ1v) is 4.14. The van der Waals surface area contributed by atoms with Crippen molar-refractivity contribution in [1.82, 2.24) is 14.6 Å². The number of fused-ring (bicyclic) bond motifs is 1. The quantitative estimate of drug-likeness (QED) is 0.731. The Morgan fingerprint density at radius 3 is 2.86 bits per heavy atom. The number of aromatic carboxylic acids is 1. The number of aryl methyl sites for hydroxylation is 1. The average Bonchev–Trinajstić information content (AvgIpc) is 2.52. The molecule has 0 aromatic carbocycles. The first kappa shape index (κ1) is 8.68. The second kappa shape index (κ2) is 2.80. The predicted molar refractivity (Wildman–Crippen MR) is 49.4 cm³/mol. The zero-order valence-corrected chi connectivity index (χ0v) is 7.85. The fourth-order valence-electron chi connectivity index (χ4n) is 1.42. The maximum atomic E-state index is 11.0. The van der Waals surface area contributed by atoms with Crippen molar-refractivity contribution >= 4 is 11.6 Å². The van der Waals surface area contributed by atoms with Gasteiger partial charge >= 0.3 is 5.97 Å². The molecule has 0 amide bonds. The first-order valence-electron chi connectivity index (χ1n) is 4.14. The van der Waals surface area contributed by atoms with Crippen LogP contribution in [0, 0.1) is 13.8 Å². The topological polar surface area (TPSA) is 67.5 Å². The van der Waals surface area contributed by atoms with Crippen LogP contribution in [-0.2, 0) is 0 Å². The normalized spacial score (nSPS) is 10.7. The summed E-state index contributed by atoms with van der Waals surface area (Å²) in [7, 11) is 0. The highest BCUT2D eigenvalue weighted by atomic mass is 16.4. The molecule has 0 fully saturated rings. The zero-order chi connectivity index (χ0) is 10.3. The Morgan fingerprint density at radius 1 is 1.50 bits per heavy atom. The lowest BCUT2D eigenvalue weighted by Crippen LogP contribution is -2.10. The summed E-state index contributed by atoms with van der Waals surface area (Å²) in [6, 6.07) is 1.81. The molecule has 72 valence electrons. The van der Waals surface area contributed by atoms with E-state index in [4.69, 9.17) is 5.11 Å². The molecule has 2 heterocycles. The van der Waals surface area contributed by atoms with E-state index >= 15 is 0 Å². The number of pyridine rings is 1. The SMILES string of the molecule is Cc1cc2ncnn2c(C(=O)O)c1C. The van der Waals surface area contributed by atoms with Crippen LogP contribution in [0.4, 0.5) is 0 Å². The molecule has 5 heteroatoms. The van der Waals surface area contributed by atoms with Crippen molar-refractivity contribution in [2.75, 3.05) is 0 Å². The zero-order valence-electron chi connectivity index (χ0n) is 7.85. The Labute approximate surface area is 80.0 Å². The summed E-state index contributed by atoms with van der Waals surface area (Å²) >= 11 is 0. The van der Waals surface area contributed by atoms with Gasteiger partial charge in [-0.2, -0.15) is 5.10 Å². The molecule has 0 radical (unpaired) electrons. The molecule has 0 saturated heterocycles. The molecule has 5 nitrogen and oxygen atoms in total. The van der Waals surface area contributed by atoms with Crippen molar-refractivity contribution in [3.63, 3.8) is 0 Å². The molecule has 0 bridgehead atoms. The Balaban J connectivity index is 2.93. The highest BCUT2D eigenvalue weighted by Crippen LogP contribution is 2.15. The molecule has 0 aliphatic carbocycles. The molecule has 0 saturated carbocycles. The molecule has 1 N–H and O–H groups in total. The summed E-state index contributed by atoms with van der Waals surface area (Å²) in [5.74, 6) is -0.985. The Morgan fingerprint density at radius 2 is 2.21 bits per heavy atom. The van der Waals surface area contributed by atoms with Crippen LogP contribution in [0.5, 0.6) is 0 Å². The summed E-state index contributed by atoms with van der Waals surface area (Å²) in [6.45, 7) is 3.62. The van der Waals surface area contributed by atoms with Crippen LogP contribution in [-0.4, -0.2) is 25.7 Å². The Bertz CT molecular complexity index is 516. The van der Waals surface area contributed by atoms with Crippen molar-refractivity contribution in [2.24, 2.45) is 0 Å². The first-order chi connectivity index (χ1) is 6.61. The Hall–Kier alpha value is -1.91. The van der Waals surface area contributed by atoms with Crippen molar-refractivity contribution in [3.05, 3.63) is 29.2 Å². The molecule has 14 heavy (non-hydrogen) atoms. The third-order valence-corrected chi connectivity index (χ3v) is 2.28. The number of carboxylic acid groups (broad SMARTS) is 1. The number of hydrogen-bond donors (Lipinski definition) is 1. The van der Waals surface area contributed by atoms with Gasteiger partial charge in [0, 0.05) is 0 Å². The van der Waals surface area contributed by atoms with Crippen molar-refractivity contribution in [2.45, 2.75) is 13.8 Å². The minimum absolute atomic E-state index is 0.178. The Kier molecular flexibility index (Phi) is 1.73. The fraction of sp³-hybridized carbons (Fsp3) is 0.222. The lowest BCUT2D eigenvalue weighted by atomic mass is 10.1. The van der Waals surface area contributed by atoms with E-state index in [9.17, 15) is 4.79 Å². The summed E-state index contributed by atoms with van der Waals surface area (Å²) in [5.41, 5.74) is 2.36. The second-order valence-electron chi connectivity index (χ2n) is 3.14. The molecule has 0 aliphatic rings. The van der Waals surface area contributed by atoms with Gasteiger partial charge in [0.05, 0.1) is 0 Å². The van der Waals surface area contributed by atoms with Gasteiger partial charge in [-0.1, -0.05) is 0 Å². The monoisotopic (exact) mass is 191 g/mol. The minimum Gasteiger partial charge on any atom is -0.477 e. The molecule has 0 unspecified atom stereocenters. The van der Waals surface area contributed by atoms with Crippen LogP contribution in [0.3, 0.4) is 0 Å². The van der Waals surface area contributed by atoms with Gasteiger partial charge in [0.2, 0.25) is 0 Å². The van der Waals surface area contributed by atoms with Crippen molar-refractivity contribution in [3.8, 4) is 0 Å². The fourth-order valence-corrected chi connectivity index (χ4v) is 1.42. The van der Waals surface area contributed by atoms with Gasteiger partial charge in [0.25, 0.3) is 0 Å². The number of nitrogens with zero attached hydrogens (tertiary/aromatic N) is 3. The third kappa shape index (κ3) is 1.06. The molecule has 0 spiro atoms. The van der Waals surface area contributed by atoms with Gasteiger partial charge in [0.15, 0.2) is 11.3 Å². The standard InChI is InChI=1S/C9H9N3O2/c1-5-3-7-10-4-11-12(7)8(6(5)2)9(13)14/h3-4H,1-2H3,(H,13,14). The van der Waals surface area contributed by atoms with Gasteiger partial charge in [-0.15, -0.1) is 0 Å². The van der Waals surface area contributed by atoms with Crippen LogP contribution in [0.2, 0.25) is 0 Å². The van der Waals surface area contributed by atoms with Crippen molar-refractivity contribution in [1.29, 1.82) is 0 Å². The van der Waals surface area contributed by atoms with Gasteiger partial charge in [-0.05, 0) is 31.0 Å². The summed E-state index contributed by atoms with van der Waals surface area (Å²) in [6.07, 6.45) is 1.35. The number of carboxylic acids is 1. The molecule has 0 atom stereocenters. The van der Waals surface area contributed by atoms with Crippen LogP contribution >= 0.6 is 0 Å². The van der Waals surface area contributed by atoms with E-state index in [1.165, 1.54) is 10.8 Å². The largest absolute Gasteiger partial charge is 0.477 e. The summed E-state index contributed by atoms with van der Waals surface area (Å²) in [5, 5.41) is 12.9. The van der Waals surface area contributed by atoms with Crippen LogP contribution < -0.4 is 0 Å². The van der Waals surface area contributed by atoms with Crippen LogP contribution in [0.1, 0.15) is 21.6 Å². The van der Waals surface area contributed by atoms with E-state index < -0.39 is 5.97 Å². The maximum Gasteiger partial charge on any atom is 0.354 e. The van der Waals surface area contributed by atoms with Crippen LogP contribution in [0.25, 0.3) is 5.65 Å². The van der Waals surface area contributed by atoms with E-state index in [0.717, 1.165) is 11.1 Å². The second-order valence-corrected chi connectivity index (χ2v) is 3.14. The van der Waals surface area contributed by atoms with E-state index in [0.29, 0.717) is 5.65 Å². The highest BCUT2D eigenvalue weighted by Gasteiger charge is 2.15. The van der Waals surface area contributed by atoms with Crippen LogP contribution in [0.15, 0.2) is 12.4 Å². The van der Waals surface area contributed by atoms with Gasteiger partial charge in [-0.3, -0.25) is 0 Å². The molecule has 0 aliphatic heterocycles. The van der Waals surface area contributed by atoms with Gasteiger partial charge < -0.3 is 5.11 Å². The lowest BCUT2D eigenvalue weighted by molar-refractivity contribution is 0.0686. The number of rotatable bonds is 1. The predicted octanol–water partition coefficient (Wildman–Crippen LogP) is 1.04. The lowest BCUT2D eigenvalue weighted by Gasteiger charge is -2.06. The van der Waals surface area contributed by atoms with E-state index in [-0.39, 0.29) is 5.69 Å². The van der Waals surface area contributed by atoms with E-state index in [1.54, 1.807) is 6.92 Å². The summed E-state index contributed by atoms with van der Waals surface area (Å²) < 4.78 is 1.34. The van der Waals surface area contributed by atoms with Crippen molar-refractivity contribution < 1.29 is 9.90 Å². The van der Waals surface area contributed by atoms with E-state index in [2.05, 4.69) is 10.1 Å². The minimum atomic E-state index is -0.985.